The Morgan fingerprint density at radius 3 is 2.44 bits per heavy atom. The summed E-state index contributed by atoms with van der Waals surface area (Å²) >= 11 is 0. The van der Waals surface area contributed by atoms with Crippen LogP contribution in [-0.4, -0.2) is 35.6 Å². The van der Waals surface area contributed by atoms with Crippen LogP contribution in [0.5, 0.6) is 0 Å². The van der Waals surface area contributed by atoms with Crippen molar-refractivity contribution in [3.8, 4) is 0 Å². The molecule has 1 heterocycles. The minimum Gasteiger partial charge on any atom is -0.459 e. The second-order valence-corrected chi connectivity index (χ2v) is 6.37. The quantitative estimate of drug-likeness (QED) is 0.706. The van der Waals surface area contributed by atoms with E-state index in [9.17, 15) is 4.79 Å². The number of carbonyl (C=O) groups is 1. The Morgan fingerprint density at radius 2 is 1.94 bits per heavy atom. The highest BCUT2D eigenvalue weighted by Crippen LogP contribution is 2.23. The molecule has 0 amide bonds. The molecule has 18 heavy (non-hydrogen) atoms. The maximum absolute atomic E-state index is 12.2. The van der Waals surface area contributed by atoms with Crippen LogP contribution < -0.4 is 0 Å². The highest BCUT2D eigenvalue weighted by atomic mass is 16.6. The first-order chi connectivity index (χ1) is 8.37. The third-order valence-corrected chi connectivity index (χ3v) is 3.69. The lowest BCUT2D eigenvalue weighted by atomic mass is 10.0. The second-order valence-electron chi connectivity index (χ2n) is 6.37. The zero-order valence-corrected chi connectivity index (χ0v) is 12.7. The maximum Gasteiger partial charge on any atom is 0.323 e. The summed E-state index contributed by atoms with van der Waals surface area (Å²) in [6.07, 6.45) is 4.45. The zero-order chi connectivity index (χ0) is 13.8. The van der Waals surface area contributed by atoms with E-state index >= 15 is 0 Å². The fourth-order valence-electron chi connectivity index (χ4n) is 2.56. The van der Waals surface area contributed by atoms with Gasteiger partial charge in [-0.2, -0.15) is 0 Å². The van der Waals surface area contributed by atoms with Gasteiger partial charge in [-0.15, -0.1) is 0 Å². The predicted molar refractivity (Wildman–Crippen MR) is 74.5 cm³/mol. The number of carbonyl (C=O) groups excluding carboxylic acids is 1. The normalized spacial score (nSPS) is 21.6. The standard InChI is InChI=1S/C15H29NO2/c1-6-12(7-2)11-16-10-8-9-13(16)14(17)18-15(3,4)5/h12-13H,6-11H2,1-5H3/t13-/m0/s1. The van der Waals surface area contributed by atoms with Gasteiger partial charge in [-0.1, -0.05) is 26.7 Å². The van der Waals surface area contributed by atoms with Crippen LogP contribution in [0.15, 0.2) is 0 Å². The summed E-state index contributed by atoms with van der Waals surface area (Å²) < 4.78 is 5.52. The molecule has 0 aromatic rings. The summed E-state index contributed by atoms with van der Waals surface area (Å²) in [4.78, 5) is 14.5. The number of hydrogen-bond donors (Lipinski definition) is 0. The van der Waals surface area contributed by atoms with Crippen molar-refractivity contribution < 1.29 is 9.53 Å². The summed E-state index contributed by atoms with van der Waals surface area (Å²) in [5, 5.41) is 0. The fourth-order valence-corrected chi connectivity index (χ4v) is 2.56. The van der Waals surface area contributed by atoms with E-state index in [0.717, 1.165) is 25.9 Å². The van der Waals surface area contributed by atoms with Crippen LogP contribution in [0.25, 0.3) is 0 Å². The largest absolute Gasteiger partial charge is 0.459 e. The van der Waals surface area contributed by atoms with Gasteiger partial charge in [0.2, 0.25) is 0 Å². The molecular formula is C15H29NO2. The van der Waals surface area contributed by atoms with Crippen molar-refractivity contribution in [2.24, 2.45) is 5.92 Å². The van der Waals surface area contributed by atoms with Gasteiger partial charge in [0.1, 0.15) is 11.6 Å². The molecule has 0 aliphatic carbocycles. The third-order valence-electron chi connectivity index (χ3n) is 3.69. The average molecular weight is 255 g/mol. The third kappa shape index (κ3) is 4.60. The number of likely N-dealkylation sites (tertiary alicyclic amines) is 1. The van der Waals surface area contributed by atoms with E-state index < -0.39 is 0 Å². The average Bonchev–Trinajstić information content (AvgIpc) is 2.71. The van der Waals surface area contributed by atoms with Gasteiger partial charge in [-0.25, -0.2) is 0 Å². The van der Waals surface area contributed by atoms with E-state index in [1.165, 1.54) is 12.8 Å². The van der Waals surface area contributed by atoms with E-state index in [-0.39, 0.29) is 17.6 Å². The molecule has 0 radical (unpaired) electrons. The van der Waals surface area contributed by atoms with Gasteiger partial charge in [-0.3, -0.25) is 9.69 Å². The van der Waals surface area contributed by atoms with Crippen molar-refractivity contribution in [2.75, 3.05) is 13.1 Å². The predicted octanol–water partition coefficient (Wildman–Crippen LogP) is 3.23. The van der Waals surface area contributed by atoms with E-state index in [2.05, 4.69) is 18.7 Å². The van der Waals surface area contributed by atoms with Crippen molar-refractivity contribution in [2.45, 2.75) is 71.9 Å². The summed E-state index contributed by atoms with van der Waals surface area (Å²) in [5.41, 5.74) is -0.375. The topological polar surface area (TPSA) is 29.5 Å². The number of hydrogen-bond acceptors (Lipinski definition) is 3. The molecule has 0 spiro atoms. The van der Waals surface area contributed by atoms with Crippen LogP contribution in [0.4, 0.5) is 0 Å². The number of ether oxygens (including phenoxy) is 1. The van der Waals surface area contributed by atoms with Crippen molar-refractivity contribution in [1.29, 1.82) is 0 Å². The van der Waals surface area contributed by atoms with Gasteiger partial charge in [0.05, 0.1) is 0 Å². The molecule has 0 bridgehead atoms. The van der Waals surface area contributed by atoms with E-state index in [4.69, 9.17) is 4.74 Å². The molecule has 1 aliphatic heterocycles. The van der Waals surface area contributed by atoms with E-state index in [0.29, 0.717) is 5.92 Å². The molecule has 1 aliphatic rings. The lowest BCUT2D eigenvalue weighted by molar-refractivity contribution is -0.160. The molecule has 0 N–H and O–H groups in total. The molecule has 3 heteroatoms. The Bertz CT molecular complexity index is 266. The summed E-state index contributed by atoms with van der Waals surface area (Å²) in [5.74, 6) is 0.666. The molecule has 0 unspecified atom stereocenters. The number of nitrogens with zero attached hydrogens (tertiary/aromatic N) is 1. The maximum atomic E-state index is 12.2. The fraction of sp³-hybridized carbons (Fsp3) is 0.933. The van der Waals surface area contributed by atoms with Gasteiger partial charge in [-0.05, 0) is 46.1 Å². The molecule has 1 rings (SSSR count). The van der Waals surface area contributed by atoms with Crippen LogP contribution in [0.2, 0.25) is 0 Å². The first-order valence-corrected chi connectivity index (χ1v) is 7.34. The van der Waals surface area contributed by atoms with Gasteiger partial charge in [0.25, 0.3) is 0 Å². The van der Waals surface area contributed by atoms with Crippen molar-refractivity contribution in [1.82, 2.24) is 4.90 Å². The molecule has 0 aromatic heterocycles. The zero-order valence-electron chi connectivity index (χ0n) is 12.7. The summed E-state index contributed by atoms with van der Waals surface area (Å²) in [6, 6.07) is -0.00942. The SMILES string of the molecule is CCC(CC)CN1CCC[C@H]1C(=O)OC(C)(C)C. The highest BCUT2D eigenvalue weighted by molar-refractivity contribution is 5.76. The van der Waals surface area contributed by atoms with Crippen molar-refractivity contribution in [3.63, 3.8) is 0 Å². The highest BCUT2D eigenvalue weighted by Gasteiger charge is 2.34. The molecule has 106 valence electrons. The number of esters is 1. The monoisotopic (exact) mass is 255 g/mol. The van der Waals surface area contributed by atoms with Gasteiger partial charge in [0.15, 0.2) is 0 Å². The lowest BCUT2D eigenvalue weighted by Gasteiger charge is -2.29. The molecular weight excluding hydrogens is 226 g/mol. The molecule has 1 saturated heterocycles. The first kappa shape index (κ1) is 15.5. The van der Waals surface area contributed by atoms with Gasteiger partial charge in [0, 0.05) is 6.54 Å². The summed E-state index contributed by atoms with van der Waals surface area (Å²) in [7, 11) is 0. The molecule has 1 fully saturated rings. The second kappa shape index (κ2) is 6.55. The lowest BCUT2D eigenvalue weighted by Crippen LogP contribution is -2.42. The van der Waals surface area contributed by atoms with Crippen LogP contribution in [-0.2, 0) is 9.53 Å². The Labute approximate surface area is 112 Å². The number of rotatable bonds is 5. The van der Waals surface area contributed by atoms with Crippen LogP contribution in [0, 0.1) is 5.92 Å². The summed E-state index contributed by atoms with van der Waals surface area (Å²) in [6.45, 7) is 12.3. The minimum atomic E-state index is -0.375. The van der Waals surface area contributed by atoms with E-state index in [1.807, 2.05) is 20.8 Å². The van der Waals surface area contributed by atoms with Crippen LogP contribution in [0.3, 0.4) is 0 Å². The Hall–Kier alpha value is -0.570. The van der Waals surface area contributed by atoms with Gasteiger partial charge < -0.3 is 4.74 Å². The molecule has 0 aromatic carbocycles. The van der Waals surface area contributed by atoms with Crippen molar-refractivity contribution in [3.05, 3.63) is 0 Å². The van der Waals surface area contributed by atoms with Crippen molar-refractivity contribution >= 4 is 5.97 Å². The minimum absolute atomic E-state index is 0.00942. The Morgan fingerprint density at radius 1 is 1.33 bits per heavy atom. The van der Waals surface area contributed by atoms with Crippen LogP contribution in [0.1, 0.15) is 60.3 Å². The Balaban J connectivity index is 2.56. The molecule has 3 nitrogen and oxygen atoms in total. The van der Waals surface area contributed by atoms with E-state index in [1.54, 1.807) is 0 Å². The van der Waals surface area contributed by atoms with Gasteiger partial charge >= 0.3 is 5.97 Å². The molecule has 1 atom stereocenters. The Kier molecular flexibility index (Phi) is 5.64. The smallest absolute Gasteiger partial charge is 0.323 e. The van der Waals surface area contributed by atoms with Crippen LogP contribution >= 0.6 is 0 Å². The first-order valence-electron chi connectivity index (χ1n) is 7.34. The molecule has 0 saturated carbocycles.